The van der Waals surface area contributed by atoms with Crippen LogP contribution in [0.1, 0.15) is 46.1 Å². The van der Waals surface area contributed by atoms with Crippen LogP contribution in [0.5, 0.6) is 17.2 Å². The van der Waals surface area contributed by atoms with Crippen molar-refractivity contribution in [2.45, 2.75) is 64.3 Å². The molecule has 0 aliphatic carbocycles. The number of hydrogen-bond acceptors (Lipinski definition) is 9. The molecule has 38 heavy (non-hydrogen) atoms. The van der Waals surface area contributed by atoms with Gasteiger partial charge in [-0.2, -0.15) is 19.0 Å². The Kier molecular flexibility index (Phi) is 7.64. The van der Waals surface area contributed by atoms with Gasteiger partial charge in [-0.15, -0.1) is 0 Å². The zero-order chi connectivity index (χ0) is 27.5. The van der Waals surface area contributed by atoms with Crippen molar-refractivity contribution in [3.05, 3.63) is 54.5 Å². The molecule has 0 saturated carbocycles. The van der Waals surface area contributed by atoms with Crippen molar-refractivity contribution < 1.29 is 18.3 Å². The molecule has 1 saturated heterocycles. The first-order chi connectivity index (χ1) is 18.0. The maximum atomic E-state index is 13.1. The van der Waals surface area contributed by atoms with E-state index in [9.17, 15) is 14.0 Å². The largest absolute Gasteiger partial charge is 0.452 e. The zero-order valence-electron chi connectivity index (χ0n) is 22.0. The van der Waals surface area contributed by atoms with Gasteiger partial charge in [-0.25, -0.2) is 4.98 Å². The molecule has 2 N–H and O–H groups in total. The van der Waals surface area contributed by atoms with Crippen LogP contribution >= 0.6 is 0 Å². The van der Waals surface area contributed by atoms with E-state index in [0.717, 1.165) is 12.8 Å². The van der Waals surface area contributed by atoms with Gasteiger partial charge in [0.2, 0.25) is 5.95 Å². The number of benzene rings is 1. The summed E-state index contributed by atoms with van der Waals surface area (Å²) in [6.07, 6.45) is 6.18. The normalized spacial score (nSPS) is 17.0. The fourth-order valence-electron chi connectivity index (χ4n) is 4.82. The number of piperidine rings is 1. The molecule has 0 amide bonds. The summed E-state index contributed by atoms with van der Waals surface area (Å²) in [7, 11) is 2.13. The molecule has 1 fully saturated rings. The van der Waals surface area contributed by atoms with Gasteiger partial charge in [-0.05, 0) is 71.8 Å². The average Bonchev–Trinajstić information content (AvgIpc) is 2.84. The number of nitrogens with zero attached hydrogens (tertiary/aromatic N) is 5. The Morgan fingerprint density at radius 1 is 1.11 bits per heavy atom. The second kappa shape index (κ2) is 10.8. The van der Waals surface area contributed by atoms with Gasteiger partial charge in [0, 0.05) is 35.1 Å². The molecule has 11 heteroatoms. The minimum Gasteiger partial charge on any atom is -0.452 e. The molecular formula is C27H31F2N7O2. The lowest BCUT2D eigenvalue weighted by molar-refractivity contribution is -0.0509. The smallest absolute Gasteiger partial charge is 0.387 e. The topological polar surface area (TPSA) is 108 Å². The SMILES string of the molecule is CN1C(C)(C)CC(Nc2nc(Nc3ccc(Oc4cccnc4)c(OC(F)F)c3)ncc2C#N)CC1(C)C. The number of nitrogens with one attached hydrogen (secondary N) is 2. The predicted molar refractivity (Wildman–Crippen MR) is 140 cm³/mol. The van der Waals surface area contributed by atoms with E-state index in [0.29, 0.717) is 22.8 Å². The number of hydrogen-bond donors (Lipinski definition) is 2. The number of alkyl halides is 2. The summed E-state index contributed by atoms with van der Waals surface area (Å²) in [6, 6.07) is 10.0. The molecule has 1 aliphatic rings. The first-order valence-corrected chi connectivity index (χ1v) is 12.2. The monoisotopic (exact) mass is 523 g/mol. The quantitative estimate of drug-likeness (QED) is 0.371. The van der Waals surface area contributed by atoms with Gasteiger partial charge in [0.15, 0.2) is 11.5 Å². The Morgan fingerprint density at radius 3 is 2.47 bits per heavy atom. The van der Waals surface area contributed by atoms with E-state index >= 15 is 0 Å². The van der Waals surface area contributed by atoms with Gasteiger partial charge >= 0.3 is 6.61 Å². The summed E-state index contributed by atoms with van der Waals surface area (Å²) in [6.45, 7) is 5.73. The molecule has 9 nitrogen and oxygen atoms in total. The minimum absolute atomic E-state index is 0.0545. The number of halogens is 2. The van der Waals surface area contributed by atoms with Crippen molar-refractivity contribution in [1.29, 1.82) is 5.26 Å². The Hall–Kier alpha value is -4.04. The van der Waals surface area contributed by atoms with E-state index in [1.165, 1.54) is 24.5 Å². The van der Waals surface area contributed by atoms with Gasteiger partial charge in [-0.3, -0.25) is 9.88 Å². The van der Waals surface area contributed by atoms with E-state index in [4.69, 9.17) is 4.74 Å². The van der Waals surface area contributed by atoms with E-state index in [2.05, 4.69) is 76.0 Å². The summed E-state index contributed by atoms with van der Waals surface area (Å²) in [4.78, 5) is 15.1. The predicted octanol–water partition coefficient (Wildman–Crippen LogP) is 5.94. The summed E-state index contributed by atoms with van der Waals surface area (Å²) in [5, 5.41) is 16.1. The van der Waals surface area contributed by atoms with Crippen LogP contribution in [0.4, 0.5) is 26.2 Å². The third-order valence-corrected chi connectivity index (χ3v) is 6.84. The van der Waals surface area contributed by atoms with Crippen molar-refractivity contribution in [2.24, 2.45) is 0 Å². The lowest BCUT2D eigenvalue weighted by Crippen LogP contribution is -2.61. The van der Waals surface area contributed by atoms with Crippen LogP contribution < -0.4 is 20.1 Å². The Bertz CT molecular complexity index is 1290. The van der Waals surface area contributed by atoms with Crippen LogP contribution in [0.3, 0.4) is 0 Å². The standard InChI is InChI=1S/C27H31F2N7O2/c1-26(2)12-19(13-27(3,4)36(26)5)33-23-17(14-30)15-32-25(35-23)34-18-8-9-21(22(11-18)38-24(28)29)37-20-7-6-10-31-16-20/h6-11,15-16,19,24H,12-13H2,1-5H3,(H2,32,33,34,35). The number of likely N-dealkylation sites (tertiary alicyclic amines) is 1. The van der Waals surface area contributed by atoms with Crippen LogP contribution in [0.25, 0.3) is 0 Å². The van der Waals surface area contributed by atoms with Crippen LogP contribution in [0.15, 0.2) is 48.9 Å². The van der Waals surface area contributed by atoms with E-state index in [1.54, 1.807) is 24.4 Å². The van der Waals surface area contributed by atoms with Gasteiger partial charge in [0.1, 0.15) is 23.2 Å². The molecule has 0 spiro atoms. The summed E-state index contributed by atoms with van der Waals surface area (Å²) in [5.74, 6) is 0.906. The highest BCUT2D eigenvalue weighted by atomic mass is 19.3. The first kappa shape index (κ1) is 27.0. The molecule has 1 aliphatic heterocycles. The van der Waals surface area contributed by atoms with Crippen molar-refractivity contribution in [3.8, 4) is 23.3 Å². The summed E-state index contributed by atoms with van der Waals surface area (Å²) < 4.78 is 36.6. The fraction of sp³-hybridized carbons (Fsp3) is 0.407. The van der Waals surface area contributed by atoms with Crippen LogP contribution in [-0.4, -0.2) is 50.6 Å². The van der Waals surface area contributed by atoms with E-state index in [-0.39, 0.29) is 34.6 Å². The number of anilines is 3. The number of aromatic nitrogens is 3. The van der Waals surface area contributed by atoms with Crippen molar-refractivity contribution >= 4 is 17.5 Å². The van der Waals surface area contributed by atoms with Gasteiger partial charge in [0.05, 0.1) is 12.4 Å². The van der Waals surface area contributed by atoms with Crippen LogP contribution in [0.2, 0.25) is 0 Å². The number of rotatable bonds is 8. The molecular weight excluding hydrogens is 492 g/mol. The van der Waals surface area contributed by atoms with Gasteiger partial charge in [0.25, 0.3) is 0 Å². The molecule has 0 bridgehead atoms. The third-order valence-electron chi connectivity index (χ3n) is 6.84. The zero-order valence-corrected chi connectivity index (χ0v) is 22.0. The summed E-state index contributed by atoms with van der Waals surface area (Å²) in [5.41, 5.74) is 0.603. The molecule has 0 unspecified atom stereocenters. The van der Waals surface area contributed by atoms with Gasteiger partial charge < -0.3 is 20.1 Å². The lowest BCUT2D eigenvalue weighted by atomic mass is 9.77. The average molecular weight is 524 g/mol. The van der Waals surface area contributed by atoms with Crippen molar-refractivity contribution in [1.82, 2.24) is 19.9 Å². The summed E-state index contributed by atoms with van der Waals surface area (Å²) >= 11 is 0. The second-order valence-electron chi connectivity index (χ2n) is 10.5. The molecule has 3 heterocycles. The van der Waals surface area contributed by atoms with Crippen molar-refractivity contribution in [3.63, 3.8) is 0 Å². The number of nitriles is 1. The molecule has 200 valence electrons. The van der Waals surface area contributed by atoms with E-state index in [1.807, 2.05) is 0 Å². The number of pyridine rings is 1. The highest BCUT2D eigenvalue weighted by Crippen LogP contribution is 2.39. The van der Waals surface area contributed by atoms with Crippen LogP contribution in [-0.2, 0) is 0 Å². The lowest BCUT2D eigenvalue weighted by Gasteiger charge is -2.53. The fourth-order valence-corrected chi connectivity index (χ4v) is 4.82. The maximum absolute atomic E-state index is 13.1. The molecule has 3 aromatic rings. The molecule has 1 aromatic carbocycles. The van der Waals surface area contributed by atoms with E-state index < -0.39 is 6.61 Å². The Balaban J connectivity index is 1.56. The highest BCUT2D eigenvalue weighted by Gasteiger charge is 2.43. The van der Waals surface area contributed by atoms with Crippen LogP contribution in [0, 0.1) is 11.3 Å². The highest BCUT2D eigenvalue weighted by molar-refractivity contribution is 5.62. The second-order valence-corrected chi connectivity index (χ2v) is 10.5. The minimum atomic E-state index is -3.05. The molecule has 4 rings (SSSR count). The molecule has 0 atom stereocenters. The third kappa shape index (κ3) is 6.26. The number of ether oxygens (including phenoxy) is 2. The molecule has 0 radical (unpaired) electrons. The van der Waals surface area contributed by atoms with Crippen molar-refractivity contribution in [2.75, 3.05) is 17.7 Å². The first-order valence-electron chi connectivity index (χ1n) is 12.2. The van der Waals surface area contributed by atoms with Gasteiger partial charge in [-0.1, -0.05) is 0 Å². The Labute approximate surface area is 220 Å². The molecule has 2 aromatic heterocycles. The maximum Gasteiger partial charge on any atom is 0.387 e. The Morgan fingerprint density at radius 2 is 1.84 bits per heavy atom.